The van der Waals surface area contributed by atoms with Crippen LogP contribution in [0.15, 0.2) is 59.5 Å². The maximum absolute atomic E-state index is 12.2. The predicted molar refractivity (Wildman–Crippen MR) is 73.4 cm³/mol. The van der Waals surface area contributed by atoms with Gasteiger partial charge in [-0.25, -0.2) is 10.3 Å². The van der Waals surface area contributed by atoms with Crippen LogP contribution in [-0.2, 0) is 10.0 Å². The number of sulfonamides is 1. The molecule has 2 rings (SSSR count). The highest BCUT2D eigenvalue weighted by atomic mass is 32.2. The number of hydrogen-bond acceptors (Lipinski definition) is 5. The molecule has 0 unspecified atom stereocenters. The lowest BCUT2D eigenvalue weighted by molar-refractivity contribution is -0.384. The van der Waals surface area contributed by atoms with Crippen LogP contribution in [0.5, 0.6) is 0 Å². The van der Waals surface area contributed by atoms with Gasteiger partial charge >= 0.3 is 0 Å². The van der Waals surface area contributed by atoms with Crippen LogP contribution >= 0.6 is 0 Å². The molecular weight excluding hydrogens is 282 g/mol. The molecule has 2 aromatic carbocycles. The Labute approximate surface area is 115 Å². The van der Waals surface area contributed by atoms with Gasteiger partial charge in [0, 0.05) is 12.1 Å². The molecule has 8 heteroatoms. The second kappa shape index (κ2) is 5.27. The Balaban J connectivity index is 2.36. The second-order valence-corrected chi connectivity index (χ2v) is 5.70. The summed E-state index contributed by atoms with van der Waals surface area (Å²) < 4.78 is 25.0. The molecule has 0 saturated heterocycles. The van der Waals surface area contributed by atoms with Gasteiger partial charge in [-0.05, 0) is 24.3 Å². The lowest BCUT2D eigenvalue weighted by atomic mass is 10.3. The largest absolute Gasteiger partial charge is 0.277 e. The Bertz CT molecular complexity index is 714. The molecular formula is C12H11N3O4S. The van der Waals surface area contributed by atoms with Gasteiger partial charge in [0.15, 0.2) is 0 Å². The average molecular weight is 293 g/mol. The van der Waals surface area contributed by atoms with Gasteiger partial charge in [0.1, 0.15) is 0 Å². The first-order valence-electron chi connectivity index (χ1n) is 5.52. The van der Waals surface area contributed by atoms with Crippen LogP contribution in [0, 0.1) is 10.1 Å². The molecule has 2 aromatic rings. The molecule has 0 aromatic heterocycles. The number of non-ortho nitro benzene ring substituents is 1. The van der Waals surface area contributed by atoms with Crippen LogP contribution in [0.2, 0.25) is 0 Å². The lowest BCUT2D eigenvalue weighted by Crippen LogP contribution is -2.37. The topological polar surface area (TPSA) is 107 Å². The number of nitrogens with zero attached hydrogens (tertiary/aromatic N) is 2. The van der Waals surface area contributed by atoms with E-state index >= 15 is 0 Å². The Morgan fingerprint density at radius 1 is 1.00 bits per heavy atom. The number of nitro benzene ring substituents is 1. The summed E-state index contributed by atoms with van der Waals surface area (Å²) in [6, 6.07) is 12.6. The first-order valence-corrected chi connectivity index (χ1v) is 6.96. The van der Waals surface area contributed by atoms with Crippen molar-refractivity contribution in [3.05, 3.63) is 64.7 Å². The quantitative estimate of drug-likeness (QED) is 0.524. The minimum atomic E-state index is -3.88. The number of benzene rings is 2. The molecule has 104 valence electrons. The summed E-state index contributed by atoms with van der Waals surface area (Å²) in [7, 11) is -3.88. The normalized spacial score (nSPS) is 11.1. The molecule has 0 spiro atoms. The SMILES string of the molecule is NN(c1ccc([N+](=O)[O-])cc1)S(=O)(=O)c1ccccc1. The molecule has 0 aliphatic rings. The van der Waals surface area contributed by atoms with Crippen LogP contribution in [0.1, 0.15) is 0 Å². The van der Waals surface area contributed by atoms with Crippen LogP contribution in [0.4, 0.5) is 11.4 Å². The predicted octanol–water partition coefficient (Wildman–Crippen LogP) is 1.66. The Hall–Kier alpha value is -2.45. The third kappa shape index (κ3) is 2.60. The van der Waals surface area contributed by atoms with Crippen LogP contribution in [0.25, 0.3) is 0 Å². The van der Waals surface area contributed by atoms with E-state index in [1.165, 1.54) is 36.4 Å². The van der Waals surface area contributed by atoms with Gasteiger partial charge in [0.05, 0.1) is 15.5 Å². The van der Waals surface area contributed by atoms with Crippen molar-refractivity contribution in [3.8, 4) is 0 Å². The van der Waals surface area contributed by atoms with Crippen LogP contribution < -0.4 is 10.3 Å². The van der Waals surface area contributed by atoms with Crippen molar-refractivity contribution in [2.45, 2.75) is 4.90 Å². The number of hydrazine groups is 1. The third-order valence-corrected chi connectivity index (χ3v) is 4.21. The summed E-state index contributed by atoms with van der Waals surface area (Å²) in [4.78, 5) is 10.0. The van der Waals surface area contributed by atoms with Crippen molar-refractivity contribution in [2.75, 3.05) is 4.41 Å². The van der Waals surface area contributed by atoms with Gasteiger partial charge < -0.3 is 0 Å². The van der Waals surface area contributed by atoms with Crippen molar-refractivity contribution in [1.29, 1.82) is 0 Å². The monoisotopic (exact) mass is 293 g/mol. The highest BCUT2D eigenvalue weighted by molar-refractivity contribution is 7.92. The first kappa shape index (κ1) is 14.0. The molecule has 0 aliphatic heterocycles. The Morgan fingerprint density at radius 3 is 2.05 bits per heavy atom. The van der Waals surface area contributed by atoms with Crippen molar-refractivity contribution >= 4 is 21.4 Å². The highest BCUT2D eigenvalue weighted by Gasteiger charge is 2.22. The average Bonchev–Trinajstić information content (AvgIpc) is 2.47. The summed E-state index contributed by atoms with van der Waals surface area (Å²) in [6.07, 6.45) is 0. The van der Waals surface area contributed by atoms with E-state index in [2.05, 4.69) is 0 Å². The summed E-state index contributed by atoms with van der Waals surface area (Å²) in [6.45, 7) is 0. The van der Waals surface area contributed by atoms with Gasteiger partial charge in [0.25, 0.3) is 15.7 Å². The number of rotatable bonds is 4. The molecule has 0 atom stereocenters. The first-order chi connectivity index (χ1) is 9.43. The van der Waals surface area contributed by atoms with Gasteiger partial charge in [-0.2, -0.15) is 8.42 Å². The van der Waals surface area contributed by atoms with E-state index in [4.69, 9.17) is 5.84 Å². The van der Waals surface area contributed by atoms with Crippen molar-refractivity contribution in [1.82, 2.24) is 0 Å². The van der Waals surface area contributed by atoms with E-state index in [-0.39, 0.29) is 16.3 Å². The fourth-order valence-electron chi connectivity index (χ4n) is 1.57. The molecule has 0 heterocycles. The van der Waals surface area contributed by atoms with E-state index < -0.39 is 14.9 Å². The lowest BCUT2D eigenvalue weighted by Gasteiger charge is -2.18. The van der Waals surface area contributed by atoms with Gasteiger partial charge in [0.2, 0.25) is 0 Å². The summed E-state index contributed by atoms with van der Waals surface area (Å²) in [5.74, 6) is 5.61. The Morgan fingerprint density at radius 2 is 1.55 bits per heavy atom. The molecule has 20 heavy (non-hydrogen) atoms. The van der Waals surface area contributed by atoms with E-state index in [9.17, 15) is 18.5 Å². The van der Waals surface area contributed by atoms with E-state index in [1.54, 1.807) is 18.2 Å². The molecule has 0 amide bonds. The molecule has 0 aliphatic carbocycles. The molecule has 0 fully saturated rings. The second-order valence-electron chi connectivity index (χ2n) is 3.89. The zero-order chi connectivity index (χ0) is 14.8. The number of nitrogens with two attached hydrogens (primary N) is 1. The minimum Gasteiger partial charge on any atom is -0.258 e. The Kier molecular flexibility index (Phi) is 3.68. The highest BCUT2D eigenvalue weighted by Crippen LogP contribution is 2.22. The van der Waals surface area contributed by atoms with E-state index in [0.29, 0.717) is 4.41 Å². The van der Waals surface area contributed by atoms with E-state index in [1.807, 2.05) is 0 Å². The van der Waals surface area contributed by atoms with Gasteiger partial charge in [-0.3, -0.25) is 10.1 Å². The van der Waals surface area contributed by atoms with Gasteiger partial charge in [-0.15, -0.1) is 0 Å². The van der Waals surface area contributed by atoms with Gasteiger partial charge in [-0.1, -0.05) is 18.2 Å². The van der Waals surface area contributed by atoms with Crippen LogP contribution in [-0.4, -0.2) is 13.3 Å². The summed E-state index contributed by atoms with van der Waals surface area (Å²) >= 11 is 0. The fraction of sp³-hybridized carbons (Fsp3) is 0. The summed E-state index contributed by atoms with van der Waals surface area (Å²) in [5.41, 5.74) is -0.00119. The van der Waals surface area contributed by atoms with Crippen molar-refractivity contribution in [3.63, 3.8) is 0 Å². The number of anilines is 1. The molecule has 0 saturated carbocycles. The zero-order valence-corrected chi connectivity index (χ0v) is 11.0. The molecule has 2 N–H and O–H groups in total. The zero-order valence-electron chi connectivity index (χ0n) is 10.2. The summed E-state index contributed by atoms with van der Waals surface area (Å²) in [5, 5.41) is 10.5. The maximum atomic E-state index is 12.2. The minimum absolute atomic E-state index is 0.0425. The third-order valence-electron chi connectivity index (χ3n) is 2.62. The molecule has 7 nitrogen and oxygen atoms in total. The maximum Gasteiger partial charge on any atom is 0.277 e. The number of hydrogen-bond donors (Lipinski definition) is 1. The molecule has 0 bridgehead atoms. The molecule has 0 radical (unpaired) electrons. The van der Waals surface area contributed by atoms with Crippen molar-refractivity contribution < 1.29 is 13.3 Å². The number of nitro groups is 1. The van der Waals surface area contributed by atoms with Crippen LogP contribution in [0.3, 0.4) is 0 Å². The van der Waals surface area contributed by atoms with Crippen molar-refractivity contribution in [2.24, 2.45) is 5.84 Å². The fourth-order valence-corrected chi connectivity index (χ4v) is 2.69. The van der Waals surface area contributed by atoms with E-state index in [0.717, 1.165) is 0 Å². The smallest absolute Gasteiger partial charge is 0.258 e. The standard InChI is InChI=1S/C12H11N3O4S/c13-14(10-6-8-11(9-7-10)15(16)17)20(18,19)12-4-2-1-3-5-12/h1-9H,13H2.